The summed E-state index contributed by atoms with van der Waals surface area (Å²) in [6, 6.07) is 7.59. The van der Waals surface area contributed by atoms with E-state index in [-0.39, 0.29) is 23.4 Å². The fourth-order valence-electron chi connectivity index (χ4n) is 2.69. The Morgan fingerprint density at radius 3 is 2.58 bits per heavy atom. The highest BCUT2D eigenvalue weighted by Gasteiger charge is 2.39. The molecule has 0 unspecified atom stereocenters. The molecule has 0 spiro atoms. The molecule has 1 aliphatic rings. The van der Waals surface area contributed by atoms with E-state index < -0.39 is 6.10 Å². The third kappa shape index (κ3) is 4.93. The molecule has 0 aliphatic carbocycles. The second kappa shape index (κ2) is 7.83. The molecule has 1 amide bonds. The van der Waals surface area contributed by atoms with Crippen molar-refractivity contribution in [3.05, 3.63) is 34.9 Å². The van der Waals surface area contributed by atoms with E-state index in [1.54, 1.807) is 4.90 Å². The molecule has 0 radical (unpaired) electrons. The van der Waals surface area contributed by atoms with E-state index in [0.717, 1.165) is 5.56 Å². The fourth-order valence-corrected chi connectivity index (χ4v) is 2.81. The van der Waals surface area contributed by atoms with Gasteiger partial charge in [0.1, 0.15) is 0 Å². The van der Waals surface area contributed by atoms with Crippen LogP contribution in [-0.2, 0) is 11.3 Å². The van der Waals surface area contributed by atoms with E-state index >= 15 is 0 Å². The van der Waals surface area contributed by atoms with Crippen LogP contribution in [0.25, 0.3) is 0 Å². The minimum absolute atomic E-state index is 0.0739. The highest BCUT2D eigenvalue weighted by atomic mass is 35.5. The molecule has 2 rings (SSSR count). The monoisotopic (exact) mass is 353 g/mol. The van der Waals surface area contributed by atoms with Crippen molar-refractivity contribution in [3.8, 4) is 0 Å². The van der Waals surface area contributed by atoms with Gasteiger partial charge in [-0.1, -0.05) is 51.4 Å². The van der Waals surface area contributed by atoms with Crippen molar-refractivity contribution in [2.75, 3.05) is 6.54 Å². The van der Waals surface area contributed by atoms with Gasteiger partial charge < -0.3 is 10.0 Å². The van der Waals surface area contributed by atoms with Crippen LogP contribution in [0.1, 0.15) is 39.7 Å². The Balaban J connectivity index is 1.92. The number of nitrogens with one attached hydrogen (secondary N) is 2. The number of carbonyl (C=O) groups excluding carboxylic acids is 1. The number of aliphatic hydroxyl groups excluding tert-OH is 1. The number of hydrogen-bond acceptors (Lipinski definition) is 4. The number of benzene rings is 1. The molecule has 134 valence electrons. The van der Waals surface area contributed by atoms with Gasteiger partial charge in [0.05, 0.1) is 12.3 Å². The normalized spacial score (nSPS) is 22.7. The van der Waals surface area contributed by atoms with Gasteiger partial charge in [-0.05, 0) is 23.1 Å². The number of likely N-dealkylation sites (tertiary alicyclic amines) is 1. The summed E-state index contributed by atoms with van der Waals surface area (Å²) in [7, 11) is 0. The first kappa shape index (κ1) is 19.2. The van der Waals surface area contributed by atoms with Gasteiger partial charge in [0.25, 0.3) is 0 Å². The zero-order chi connectivity index (χ0) is 17.9. The lowest BCUT2D eigenvalue weighted by Crippen LogP contribution is -2.52. The molecular formula is C18H28ClN3O2. The van der Waals surface area contributed by atoms with Crippen molar-refractivity contribution in [1.82, 2.24) is 15.8 Å². The molecule has 5 nitrogen and oxygen atoms in total. The molecule has 1 aromatic carbocycles. The summed E-state index contributed by atoms with van der Waals surface area (Å²) in [5.41, 5.74) is 7.31. The molecule has 1 saturated heterocycles. The maximum absolute atomic E-state index is 12.8. The summed E-state index contributed by atoms with van der Waals surface area (Å²) >= 11 is 5.88. The molecule has 1 aliphatic heterocycles. The molecule has 3 atom stereocenters. The average molecular weight is 354 g/mol. The van der Waals surface area contributed by atoms with Crippen LogP contribution in [0.5, 0.6) is 0 Å². The summed E-state index contributed by atoms with van der Waals surface area (Å²) in [4.78, 5) is 14.5. The number of halogens is 1. The smallest absolute Gasteiger partial charge is 0.227 e. The standard InChI is InChI=1S/C18H28ClN3O2/c1-12(18(2,3)4)17(24)22-11-15(23)9-16(22)21-20-10-13-5-7-14(19)8-6-13/h5-8,12,15-16,20-21,23H,9-11H2,1-4H3/t12-,15-,16+/m1/s1. The highest BCUT2D eigenvalue weighted by Crippen LogP contribution is 2.29. The number of β-amino-alcohol motifs (C(OH)–C–C–N with tert-alkyl or cyclic N) is 1. The summed E-state index contributed by atoms with van der Waals surface area (Å²) in [5.74, 6) is -0.0341. The van der Waals surface area contributed by atoms with Gasteiger partial charge in [0, 0.05) is 30.5 Å². The Labute approximate surface area is 149 Å². The lowest BCUT2D eigenvalue weighted by Gasteiger charge is -2.33. The highest BCUT2D eigenvalue weighted by molar-refractivity contribution is 6.30. The Kier molecular flexibility index (Phi) is 6.26. The third-order valence-electron chi connectivity index (χ3n) is 4.71. The Hall–Kier alpha value is -1.14. The molecule has 0 aromatic heterocycles. The van der Waals surface area contributed by atoms with Crippen LogP contribution in [0.15, 0.2) is 24.3 Å². The lowest BCUT2D eigenvalue weighted by molar-refractivity contribution is -0.140. The van der Waals surface area contributed by atoms with Crippen LogP contribution in [0.2, 0.25) is 5.02 Å². The minimum Gasteiger partial charge on any atom is -0.391 e. The van der Waals surface area contributed by atoms with Crippen molar-refractivity contribution in [1.29, 1.82) is 0 Å². The summed E-state index contributed by atoms with van der Waals surface area (Å²) in [6.07, 6.45) is -0.170. The number of aliphatic hydroxyl groups is 1. The number of nitrogens with zero attached hydrogens (tertiary/aromatic N) is 1. The van der Waals surface area contributed by atoms with Crippen LogP contribution in [0, 0.1) is 11.3 Å². The SMILES string of the molecule is C[C@H](C(=O)N1C[C@H](O)C[C@H]1NNCc1ccc(Cl)cc1)C(C)(C)C. The maximum Gasteiger partial charge on any atom is 0.227 e. The topological polar surface area (TPSA) is 64.6 Å². The molecule has 0 bridgehead atoms. The summed E-state index contributed by atoms with van der Waals surface area (Å²) < 4.78 is 0. The Morgan fingerprint density at radius 1 is 1.38 bits per heavy atom. The molecule has 24 heavy (non-hydrogen) atoms. The van der Waals surface area contributed by atoms with Gasteiger partial charge in [-0.2, -0.15) is 0 Å². The van der Waals surface area contributed by atoms with Gasteiger partial charge in [-0.15, -0.1) is 0 Å². The van der Waals surface area contributed by atoms with Gasteiger partial charge in [-0.25, -0.2) is 5.43 Å². The van der Waals surface area contributed by atoms with Crippen molar-refractivity contribution < 1.29 is 9.90 Å². The maximum atomic E-state index is 12.8. The molecule has 1 fully saturated rings. The van der Waals surface area contributed by atoms with E-state index in [1.165, 1.54) is 0 Å². The first-order chi connectivity index (χ1) is 11.2. The van der Waals surface area contributed by atoms with E-state index in [9.17, 15) is 9.90 Å². The number of rotatable bonds is 5. The Bertz CT molecular complexity index is 556. The lowest BCUT2D eigenvalue weighted by atomic mass is 9.81. The van der Waals surface area contributed by atoms with Crippen molar-refractivity contribution >= 4 is 17.5 Å². The molecular weight excluding hydrogens is 326 g/mol. The van der Waals surface area contributed by atoms with Gasteiger partial charge in [0.15, 0.2) is 0 Å². The quantitative estimate of drug-likeness (QED) is 0.712. The fraction of sp³-hybridized carbons (Fsp3) is 0.611. The van der Waals surface area contributed by atoms with Crippen LogP contribution >= 0.6 is 11.6 Å². The zero-order valence-electron chi connectivity index (χ0n) is 14.8. The molecule has 6 heteroatoms. The van der Waals surface area contributed by atoms with E-state index in [2.05, 4.69) is 31.6 Å². The first-order valence-electron chi connectivity index (χ1n) is 8.40. The van der Waals surface area contributed by atoms with Gasteiger partial charge in [0.2, 0.25) is 5.91 Å². The largest absolute Gasteiger partial charge is 0.391 e. The molecule has 0 saturated carbocycles. The van der Waals surface area contributed by atoms with Crippen LogP contribution < -0.4 is 10.9 Å². The van der Waals surface area contributed by atoms with E-state index in [0.29, 0.717) is 24.5 Å². The first-order valence-corrected chi connectivity index (χ1v) is 8.77. The Morgan fingerprint density at radius 2 is 2.00 bits per heavy atom. The summed E-state index contributed by atoms with van der Waals surface area (Å²) in [6.45, 7) is 9.11. The minimum atomic E-state index is -0.490. The van der Waals surface area contributed by atoms with Crippen LogP contribution in [0.3, 0.4) is 0 Å². The third-order valence-corrected chi connectivity index (χ3v) is 4.96. The predicted octanol–water partition coefficient (Wildman–Crippen LogP) is 2.54. The second-order valence-electron chi connectivity index (χ2n) is 7.61. The molecule has 1 heterocycles. The molecule has 1 aromatic rings. The number of hydrogen-bond donors (Lipinski definition) is 3. The van der Waals surface area contributed by atoms with Crippen molar-refractivity contribution in [3.63, 3.8) is 0 Å². The molecule has 3 N–H and O–H groups in total. The van der Waals surface area contributed by atoms with Gasteiger partial charge in [-0.3, -0.25) is 10.2 Å². The number of carbonyl (C=O) groups is 1. The number of amides is 1. The average Bonchev–Trinajstić information content (AvgIpc) is 2.88. The van der Waals surface area contributed by atoms with Gasteiger partial charge >= 0.3 is 0 Å². The predicted molar refractivity (Wildman–Crippen MR) is 96.2 cm³/mol. The van der Waals surface area contributed by atoms with E-state index in [4.69, 9.17) is 11.6 Å². The number of hydrazine groups is 1. The van der Waals surface area contributed by atoms with E-state index in [1.807, 2.05) is 31.2 Å². The second-order valence-corrected chi connectivity index (χ2v) is 8.04. The summed E-state index contributed by atoms with van der Waals surface area (Å²) in [5, 5.41) is 10.7. The van der Waals surface area contributed by atoms with Crippen LogP contribution in [0.4, 0.5) is 0 Å². The zero-order valence-corrected chi connectivity index (χ0v) is 15.6. The van der Waals surface area contributed by atoms with Crippen LogP contribution in [-0.4, -0.2) is 34.7 Å². The van der Waals surface area contributed by atoms with Crippen molar-refractivity contribution in [2.24, 2.45) is 11.3 Å². The van der Waals surface area contributed by atoms with Crippen molar-refractivity contribution in [2.45, 2.75) is 52.9 Å².